The number of hydrogen-bond donors (Lipinski definition) is 2. The van der Waals surface area contributed by atoms with Gasteiger partial charge in [0, 0.05) is 6.61 Å². The Morgan fingerprint density at radius 2 is 2.12 bits per heavy atom. The predicted molar refractivity (Wildman–Crippen MR) is 66.4 cm³/mol. The van der Waals surface area contributed by atoms with Gasteiger partial charge in [-0.25, -0.2) is 0 Å². The van der Waals surface area contributed by atoms with Crippen molar-refractivity contribution in [1.29, 1.82) is 0 Å². The Bertz CT molecular complexity index is 312. The van der Waals surface area contributed by atoms with E-state index in [4.69, 9.17) is 5.11 Å². The summed E-state index contributed by atoms with van der Waals surface area (Å²) in [5, 5.41) is 12.3. The fourth-order valence-corrected chi connectivity index (χ4v) is 2.16. The molecule has 1 aromatic rings. The van der Waals surface area contributed by atoms with Gasteiger partial charge in [-0.2, -0.15) is 0 Å². The van der Waals surface area contributed by atoms with Gasteiger partial charge in [0.1, 0.15) is 0 Å². The molecule has 0 amide bonds. The zero-order valence-corrected chi connectivity index (χ0v) is 9.89. The summed E-state index contributed by atoms with van der Waals surface area (Å²) in [5.74, 6) is 1.93. The molecule has 1 fully saturated rings. The summed E-state index contributed by atoms with van der Waals surface area (Å²) in [5.41, 5.74) is 1.48. The molecule has 2 rings (SSSR count). The third kappa shape index (κ3) is 3.06. The summed E-state index contributed by atoms with van der Waals surface area (Å²) in [4.78, 5) is 0. The predicted octanol–water partition coefficient (Wildman–Crippen LogP) is 2.01. The van der Waals surface area contributed by atoms with Crippen molar-refractivity contribution in [1.82, 2.24) is 5.32 Å². The van der Waals surface area contributed by atoms with E-state index in [1.807, 2.05) is 0 Å². The molecule has 1 aliphatic rings. The van der Waals surface area contributed by atoms with Crippen molar-refractivity contribution in [2.24, 2.45) is 11.8 Å². The second-order valence-corrected chi connectivity index (χ2v) is 4.96. The standard InChI is InChI=1S/C14H21NO/c1-11(10-16)8-15-9-13-7-14(13)12-5-3-2-4-6-12/h2-6,11,13-16H,7-10H2,1H3. The first kappa shape index (κ1) is 11.6. The van der Waals surface area contributed by atoms with Crippen LogP contribution in [0.4, 0.5) is 0 Å². The van der Waals surface area contributed by atoms with E-state index in [9.17, 15) is 0 Å². The molecule has 0 saturated heterocycles. The maximum atomic E-state index is 8.91. The van der Waals surface area contributed by atoms with E-state index in [-0.39, 0.29) is 6.61 Å². The highest BCUT2D eigenvalue weighted by atomic mass is 16.3. The summed E-state index contributed by atoms with van der Waals surface area (Å²) < 4.78 is 0. The highest BCUT2D eigenvalue weighted by Crippen LogP contribution is 2.46. The quantitative estimate of drug-likeness (QED) is 0.767. The van der Waals surface area contributed by atoms with Gasteiger partial charge >= 0.3 is 0 Å². The Labute approximate surface area is 97.7 Å². The van der Waals surface area contributed by atoms with Gasteiger partial charge in [-0.3, -0.25) is 0 Å². The topological polar surface area (TPSA) is 32.3 Å². The first-order valence-electron chi connectivity index (χ1n) is 6.17. The first-order chi connectivity index (χ1) is 7.81. The molecule has 16 heavy (non-hydrogen) atoms. The van der Waals surface area contributed by atoms with E-state index in [1.54, 1.807) is 0 Å². The summed E-state index contributed by atoms with van der Waals surface area (Å²) in [6.45, 7) is 4.35. The maximum absolute atomic E-state index is 8.91. The number of aliphatic hydroxyl groups is 1. The van der Waals surface area contributed by atoms with E-state index in [2.05, 4.69) is 42.6 Å². The van der Waals surface area contributed by atoms with Crippen molar-refractivity contribution in [3.8, 4) is 0 Å². The van der Waals surface area contributed by atoms with E-state index < -0.39 is 0 Å². The van der Waals surface area contributed by atoms with Crippen molar-refractivity contribution >= 4 is 0 Å². The molecule has 88 valence electrons. The molecular formula is C14H21NO. The zero-order valence-electron chi connectivity index (χ0n) is 9.89. The largest absolute Gasteiger partial charge is 0.396 e. The van der Waals surface area contributed by atoms with Gasteiger partial charge in [0.2, 0.25) is 0 Å². The minimum atomic E-state index is 0.278. The zero-order chi connectivity index (χ0) is 11.4. The third-order valence-electron chi connectivity index (χ3n) is 3.36. The lowest BCUT2D eigenvalue weighted by Crippen LogP contribution is -2.25. The number of rotatable bonds is 6. The van der Waals surface area contributed by atoms with Crippen molar-refractivity contribution in [2.75, 3.05) is 19.7 Å². The van der Waals surface area contributed by atoms with Crippen LogP contribution in [0.2, 0.25) is 0 Å². The van der Waals surface area contributed by atoms with Crippen LogP contribution in [0.1, 0.15) is 24.8 Å². The third-order valence-corrected chi connectivity index (χ3v) is 3.36. The normalized spacial score (nSPS) is 25.4. The van der Waals surface area contributed by atoms with Crippen LogP contribution in [-0.2, 0) is 0 Å². The molecule has 0 radical (unpaired) electrons. The average molecular weight is 219 g/mol. The van der Waals surface area contributed by atoms with Crippen LogP contribution in [-0.4, -0.2) is 24.8 Å². The SMILES string of the molecule is CC(CO)CNCC1CC1c1ccccc1. The van der Waals surface area contributed by atoms with Crippen LogP contribution < -0.4 is 5.32 Å². The van der Waals surface area contributed by atoms with Gasteiger partial charge < -0.3 is 10.4 Å². The first-order valence-corrected chi connectivity index (χ1v) is 6.17. The van der Waals surface area contributed by atoms with Gasteiger partial charge in [-0.05, 0) is 42.8 Å². The molecule has 3 unspecified atom stereocenters. The number of benzene rings is 1. The van der Waals surface area contributed by atoms with Crippen LogP contribution in [0.15, 0.2) is 30.3 Å². The van der Waals surface area contributed by atoms with Gasteiger partial charge in [0.15, 0.2) is 0 Å². The summed E-state index contributed by atoms with van der Waals surface area (Å²) in [6, 6.07) is 10.8. The Hall–Kier alpha value is -0.860. The van der Waals surface area contributed by atoms with Crippen molar-refractivity contribution < 1.29 is 5.11 Å². The van der Waals surface area contributed by atoms with Crippen LogP contribution in [0.3, 0.4) is 0 Å². The number of hydrogen-bond acceptors (Lipinski definition) is 2. The molecule has 1 aromatic carbocycles. The molecule has 0 bridgehead atoms. The summed E-state index contributed by atoms with van der Waals surface area (Å²) in [7, 11) is 0. The van der Waals surface area contributed by atoms with Crippen LogP contribution in [0, 0.1) is 11.8 Å². The fraction of sp³-hybridized carbons (Fsp3) is 0.571. The minimum Gasteiger partial charge on any atom is -0.396 e. The van der Waals surface area contributed by atoms with Crippen LogP contribution in [0.25, 0.3) is 0 Å². The van der Waals surface area contributed by atoms with Gasteiger partial charge in [-0.15, -0.1) is 0 Å². The van der Waals surface area contributed by atoms with Crippen molar-refractivity contribution in [3.05, 3.63) is 35.9 Å². The monoisotopic (exact) mass is 219 g/mol. The molecule has 2 heteroatoms. The van der Waals surface area contributed by atoms with Gasteiger partial charge in [0.25, 0.3) is 0 Å². The molecule has 2 nitrogen and oxygen atoms in total. The molecule has 2 N–H and O–H groups in total. The lowest BCUT2D eigenvalue weighted by atomic mass is 10.1. The smallest absolute Gasteiger partial charge is 0.0468 e. The van der Waals surface area contributed by atoms with E-state index in [0.29, 0.717) is 5.92 Å². The molecule has 0 aromatic heterocycles. The Morgan fingerprint density at radius 1 is 1.38 bits per heavy atom. The number of aliphatic hydroxyl groups excluding tert-OH is 1. The highest BCUT2D eigenvalue weighted by Gasteiger charge is 2.37. The van der Waals surface area contributed by atoms with Crippen molar-refractivity contribution in [3.63, 3.8) is 0 Å². The Morgan fingerprint density at radius 3 is 2.81 bits per heavy atom. The summed E-state index contributed by atoms with van der Waals surface area (Å²) in [6.07, 6.45) is 1.31. The second-order valence-electron chi connectivity index (χ2n) is 4.96. The van der Waals surface area contributed by atoms with E-state index in [0.717, 1.165) is 24.9 Å². The Kier molecular flexibility index (Phi) is 3.97. The fourth-order valence-electron chi connectivity index (χ4n) is 2.16. The molecule has 0 aliphatic heterocycles. The molecule has 0 heterocycles. The molecule has 0 spiro atoms. The maximum Gasteiger partial charge on any atom is 0.0468 e. The molecular weight excluding hydrogens is 198 g/mol. The van der Waals surface area contributed by atoms with Crippen molar-refractivity contribution in [2.45, 2.75) is 19.3 Å². The van der Waals surface area contributed by atoms with E-state index in [1.165, 1.54) is 12.0 Å². The van der Waals surface area contributed by atoms with Crippen LogP contribution >= 0.6 is 0 Å². The molecule has 1 saturated carbocycles. The molecule has 3 atom stereocenters. The number of nitrogens with one attached hydrogen (secondary N) is 1. The lowest BCUT2D eigenvalue weighted by Gasteiger charge is -2.09. The van der Waals surface area contributed by atoms with Gasteiger partial charge in [-0.1, -0.05) is 37.3 Å². The average Bonchev–Trinajstić information content (AvgIpc) is 3.09. The van der Waals surface area contributed by atoms with E-state index >= 15 is 0 Å². The molecule has 1 aliphatic carbocycles. The van der Waals surface area contributed by atoms with Gasteiger partial charge in [0.05, 0.1) is 0 Å². The highest BCUT2D eigenvalue weighted by molar-refractivity contribution is 5.25. The minimum absolute atomic E-state index is 0.278. The Balaban J connectivity index is 1.68. The van der Waals surface area contributed by atoms with Crippen LogP contribution in [0.5, 0.6) is 0 Å². The summed E-state index contributed by atoms with van der Waals surface area (Å²) >= 11 is 0. The second kappa shape index (κ2) is 5.46. The lowest BCUT2D eigenvalue weighted by molar-refractivity contribution is 0.233.